The number of benzene rings is 6. The van der Waals surface area contributed by atoms with Gasteiger partial charge in [-0.1, -0.05) is 278 Å². The van der Waals surface area contributed by atoms with E-state index >= 15 is 0 Å². The SMILES string of the molecule is CCCCCCCCc1noc(-c2cnc(-c3ccc(C[C@H](NC(=O)c4ccc(C(C)(C)C)cc4)C(=O)NCCC(=O)O)cc3)nc2)n1.CCCCCCCc1noc(-c2cnc(-c3ccc(C[C@H](NC(=O)c4ccc(C(C)(C)C)cc4)C(=O)NCCC(=O)O)cc3)nc2)n1.CCCCCc1noc(-c2cnc(-c3ccc(C[C@H](NC(=O)c4ccc(C(C)(C)C)cc4)C(=O)NCCC(=O)O)cc3)nc2)n1. The second kappa shape index (κ2) is 53.2. The summed E-state index contributed by atoms with van der Waals surface area (Å²) in [5.41, 5.74) is 10.9. The number of aryl methyl sites for hydroxylation is 3. The number of hydrogen-bond acceptors (Lipinski definition) is 24. The van der Waals surface area contributed by atoms with Crippen LogP contribution >= 0.6 is 0 Å². The number of carbonyl (C=O) groups excluding carboxylic acids is 6. The molecule has 0 fully saturated rings. The van der Waals surface area contributed by atoms with E-state index in [0.29, 0.717) is 86.0 Å². The standard InChI is InChI=1S/C37H46N6O5.C36H44N6O5.C34H40N6O5/c1-5-6-7-8-9-10-11-31-42-36(48-43-31)28-23-39-33(40-24-28)26-14-12-25(13-15-26)22-30(35(47)38-21-20-32(44)45)41-34(46)27-16-18-29(19-17-27)37(2,3)4;1-5-6-7-8-9-10-30-41-35(47-42-30)27-22-38-32(39-23-27)25-13-11-24(12-14-25)21-29(34(46)37-20-19-31(43)44)40-33(45)26-15-17-28(18-16-26)36(2,3)4;1-5-6-7-8-28-39-33(45-40-28)25-20-36-30(37-21-25)23-11-9-22(10-12-23)19-27(32(44)35-18-17-29(41)42)38-31(43)24-13-15-26(16-14-24)34(2,3)4/h12-19,23-24,30H,5-11,20-22H2,1-4H3,(H,38,47)(H,41,46)(H,44,45);11-18,22-23,29H,5-10,19-21H2,1-4H3,(H,37,46)(H,40,45)(H,43,44);9-16,20-21,27H,5-8,17-19H2,1-4H3,(H,35,44)(H,38,43)(H,41,42)/t30-;29-;27-/m000/s1. The molecule has 0 bridgehead atoms. The van der Waals surface area contributed by atoms with E-state index in [0.717, 1.165) is 114 Å². The summed E-state index contributed by atoms with van der Waals surface area (Å²) < 4.78 is 16.2. The van der Waals surface area contributed by atoms with Crippen LogP contribution in [0.3, 0.4) is 0 Å². The van der Waals surface area contributed by atoms with Crippen molar-refractivity contribution in [3.05, 3.63) is 250 Å². The van der Waals surface area contributed by atoms with Crippen LogP contribution in [-0.4, -0.2) is 167 Å². The van der Waals surface area contributed by atoms with Gasteiger partial charge in [-0.2, -0.15) is 15.0 Å². The lowest BCUT2D eigenvalue weighted by Gasteiger charge is -2.20. The molecule has 12 rings (SSSR count). The Bertz CT molecular complexity index is 5970. The minimum atomic E-state index is -1.02. The van der Waals surface area contributed by atoms with Crippen LogP contribution in [0.2, 0.25) is 0 Å². The summed E-state index contributed by atoms with van der Waals surface area (Å²) in [5, 5.41) is 55.5. The Balaban J connectivity index is 0.000000216. The summed E-state index contributed by atoms with van der Waals surface area (Å²) in [6.07, 6.45) is 28.4. The number of carbonyl (C=O) groups is 9. The maximum absolute atomic E-state index is 13.1. The Labute approximate surface area is 816 Å². The van der Waals surface area contributed by atoms with Crippen LogP contribution in [0.25, 0.3) is 68.5 Å². The number of nitrogens with one attached hydrogen (secondary N) is 6. The summed E-state index contributed by atoms with van der Waals surface area (Å²) in [6, 6.07) is 41.2. The van der Waals surface area contributed by atoms with Gasteiger partial charge < -0.3 is 60.8 Å². The molecule has 0 aliphatic rings. The predicted octanol–water partition coefficient (Wildman–Crippen LogP) is 17.4. The number of unbranched alkanes of at least 4 members (excludes halogenated alkanes) is 11. The van der Waals surface area contributed by atoms with Gasteiger partial charge in [-0.15, -0.1) is 0 Å². The molecule has 6 aromatic heterocycles. The second-order valence-electron chi connectivity index (χ2n) is 37.6. The average Bonchev–Trinajstić information content (AvgIpc) is 1.32. The Morgan fingerprint density at radius 1 is 0.300 bits per heavy atom. The van der Waals surface area contributed by atoms with Crippen molar-refractivity contribution in [3.63, 3.8) is 0 Å². The van der Waals surface area contributed by atoms with Crippen molar-refractivity contribution in [2.75, 3.05) is 19.6 Å². The first-order chi connectivity index (χ1) is 67.1. The first-order valence-corrected chi connectivity index (χ1v) is 48.1. The summed E-state index contributed by atoms with van der Waals surface area (Å²) in [7, 11) is 0. The number of carboxylic acid groups (broad SMARTS) is 3. The summed E-state index contributed by atoms with van der Waals surface area (Å²) in [6.45, 7) is 25.2. The van der Waals surface area contributed by atoms with Gasteiger partial charge in [0.2, 0.25) is 17.7 Å². The highest BCUT2D eigenvalue weighted by Gasteiger charge is 2.29. The van der Waals surface area contributed by atoms with Gasteiger partial charge in [-0.05, 0) is 105 Å². The molecule has 6 amide bonds. The highest BCUT2D eigenvalue weighted by atomic mass is 16.5. The Morgan fingerprint density at radius 2 is 0.529 bits per heavy atom. The van der Waals surface area contributed by atoms with Crippen LogP contribution in [0.4, 0.5) is 0 Å². The molecule has 0 radical (unpaired) electrons. The maximum Gasteiger partial charge on any atom is 0.305 e. The molecular formula is C107H130N18O15. The summed E-state index contributed by atoms with van der Waals surface area (Å²) in [5.74, 6) is -0.945. The molecule has 6 aromatic carbocycles. The molecule has 33 heteroatoms. The largest absolute Gasteiger partial charge is 0.481 e. The zero-order chi connectivity index (χ0) is 101. The van der Waals surface area contributed by atoms with Gasteiger partial charge in [0.15, 0.2) is 34.9 Å². The molecule has 0 unspecified atom stereocenters. The van der Waals surface area contributed by atoms with Crippen molar-refractivity contribution in [1.29, 1.82) is 0 Å². The smallest absolute Gasteiger partial charge is 0.305 e. The Hall–Kier alpha value is -14.8. The fraction of sp³-hybridized carbons (Fsp3) is 0.411. The molecule has 0 aliphatic heterocycles. The molecule has 0 aliphatic carbocycles. The van der Waals surface area contributed by atoms with E-state index in [1.165, 1.54) is 44.9 Å². The first kappa shape index (κ1) is 107. The molecule has 12 aromatic rings. The summed E-state index contributed by atoms with van der Waals surface area (Å²) >= 11 is 0. The Kier molecular flexibility index (Phi) is 40.8. The van der Waals surface area contributed by atoms with E-state index < -0.39 is 71.5 Å². The van der Waals surface area contributed by atoms with Crippen molar-refractivity contribution in [3.8, 4) is 68.5 Å². The van der Waals surface area contributed by atoms with E-state index in [1.807, 2.05) is 109 Å². The lowest BCUT2D eigenvalue weighted by Crippen LogP contribution is -2.48. The van der Waals surface area contributed by atoms with Crippen LogP contribution in [0, 0.1) is 0 Å². The van der Waals surface area contributed by atoms with Crippen molar-refractivity contribution >= 4 is 53.4 Å². The second-order valence-corrected chi connectivity index (χ2v) is 37.6. The van der Waals surface area contributed by atoms with Crippen molar-refractivity contribution in [2.45, 2.75) is 265 Å². The zero-order valence-corrected chi connectivity index (χ0v) is 82.0. The lowest BCUT2D eigenvalue weighted by molar-refractivity contribution is -0.138. The van der Waals surface area contributed by atoms with E-state index in [2.05, 4.69) is 175 Å². The monoisotopic (exact) mass is 1910 g/mol. The molecule has 0 spiro atoms. The third-order valence-electron chi connectivity index (χ3n) is 23.1. The molecule has 0 saturated heterocycles. The number of amides is 6. The number of carboxylic acids is 3. The fourth-order valence-corrected chi connectivity index (χ4v) is 14.7. The minimum Gasteiger partial charge on any atom is -0.481 e. The molecule has 33 nitrogen and oxygen atoms in total. The topological polar surface area (TPSA) is 481 Å². The van der Waals surface area contributed by atoms with Crippen LogP contribution in [-0.2, 0) is 83.5 Å². The fourth-order valence-electron chi connectivity index (χ4n) is 14.7. The average molecular weight is 1910 g/mol. The molecule has 0 saturated carbocycles. The highest BCUT2D eigenvalue weighted by Crippen LogP contribution is 2.30. The van der Waals surface area contributed by atoms with E-state index in [9.17, 15) is 43.2 Å². The normalized spacial score (nSPS) is 12.0. The number of hydrogen-bond donors (Lipinski definition) is 9. The van der Waals surface area contributed by atoms with Gasteiger partial charge in [0.25, 0.3) is 35.4 Å². The molecular weight excluding hydrogens is 1780 g/mol. The van der Waals surface area contributed by atoms with Crippen molar-refractivity contribution < 1.29 is 72.0 Å². The highest BCUT2D eigenvalue weighted by molar-refractivity contribution is 5.99. The maximum atomic E-state index is 13.1. The van der Waals surface area contributed by atoms with Crippen LogP contribution < -0.4 is 31.9 Å². The van der Waals surface area contributed by atoms with Crippen LogP contribution in [0.15, 0.2) is 196 Å². The lowest BCUT2D eigenvalue weighted by atomic mass is 9.86. The molecule has 6 heterocycles. The molecule has 9 N–H and O–H groups in total. The van der Waals surface area contributed by atoms with Gasteiger partial charge in [0.1, 0.15) is 18.1 Å². The van der Waals surface area contributed by atoms with Crippen molar-refractivity contribution in [2.24, 2.45) is 0 Å². The van der Waals surface area contributed by atoms with Crippen LogP contribution in [0.1, 0.15) is 274 Å². The van der Waals surface area contributed by atoms with E-state index in [4.69, 9.17) is 28.9 Å². The van der Waals surface area contributed by atoms with Gasteiger partial charge >= 0.3 is 17.9 Å². The molecule has 738 valence electrons. The summed E-state index contributed by atoms with van der Waals surface area (Å²) in [4.78, 5) is 152. The number of aromatic nitrogens is 12. The van der Waals surface area contributed by atoms with Gasteiger partial charge in [-0.25, -0.2) is 29.9 Å². The van der Waals surface area contributed by atoms with E-state index in [1.54, 1.807) is 73.6 Å². The van der Waals surface area contributed by atoms with Crippen molar-refractivity contribution in [1.82, 2.24) is 92.2 Å². The number of aliphatic carboxylic acids is 3. The van der Waals surface area contributed by atoms with Gasteiger partial charge in [0.05, 0.1) is 36.0 Å². The third-order valence-corrected chi connectivity index (χ3v) is 23.1. The third kappa shape index (κ3) is 34.7. The molecule has 140 heavy (non-hydrogen) atoms. The zero-order valence-electron chi connectivity index (χ0n) is 82.0. The minimum absolute atomic E-state index is 0.0445. The molecule has 3 atom stereocenters. The van der Waals surface area contributed by atoms with E-state index in [-0.39, 0.29) is 74.4 Å². The predicted molar refractivity (Wildman–Crippen MR) is 531 cm³/mol. The quantitative estimate of drug-likeness (QED) is 0.0160. The number of rotatable bonds is 47. The van der Waals surface area contributed by atoms with Gasteiger partial charge in [0, 0.05) is 129 Å². The van der Waals surface area contributed by atoms with Crippen LogP contribution in [0.5, 0.6) is 0 Å². The number of nitrogens with zero attached hydrogens (tertiary/aromatic N) is 12. The van der Waals surface area contributed by atoms with Gasteiger partial charge in [-0.3, -0.25) is 43.2 Å². The Morgan fingerprint density at radius 3 is 0.764 bits per heavy atom. The first-order valence-electron chi connectivity index (χ1n) is 48.1.